The molecule has 0 atom stereocenters. The third kappa shape index (κ3) is 5.79. The highest BCUT2D eigenvalue weighted by atomic mass is 32.2. The molecule has 2 N–H and O–H groups in total. The van der Waals surface area contributed by atoms with Gasteiger partial charge in [-0.1, -0.05) is 60.4 Å². The number of amides is 2. The fourth-order valence-electron chi connectivity index (χ4n) is 2.73. The van der Waals surface area contributed by atoms with E-state index in [1.165, 1.54) is 28.8 Å². The van der Waals surface area contributed by atoms with Gasteiger partial charge in [0.05, 0.1) is 4.91 Å². The van der Waals surface area contributed by atoms with Crippen LogP contribution in [0.15, 0.2) is 71.2 Å². The monoisotopic (exact) mass is 424 g/mol. The van der Waals surface area contributed by atoms with E-state index in [0.29, 0.717) is 14.9 Å². The van der Waals surface area contributed by atoms with E-state index < -0.39 is 0 Å². The van der Waals surface area contributed by atoms with Crippen molar-refractivity contribution >= 4 is 51.9 Å². The molecule has 0 spiro atoms. The number of nitrogens with one attached hydrogen (secondary N) is 1. The number of nitrogens with zero attached hydrogens (tertiary/aromatic N) is 1. The van der Waals surface area contributed by atoms with E-state index in [4.69, 9.17) is 12.2 Å². The van der Waals surface area contributed by atoms with E-state index in [2.05, 4.69) is 5.32 Å². The molecule has 1 saturated heterocycles. The molecule has 0 unspecified atom stereocenters. The summed E-state index contributed by atoms with van der Waals surface area (Å²) in [5.74, 6) is -0.281. The highest BCUT2D eigenvalue weighted by molar-refractivity contribution is 8.26. The Balaban J connectivity index is 1.59. The molecule has 1 fully saturated rings. The number of benzene rings is 2. The van der Waals surface area contributed by atoms with Gasteiger partial charge in [-0.15, -0.1) is 0 Å². The Kier molecular flexibility index (Phi) is 6.85. The van der Waals surface area contributed by atoms with Crippen LogP contribution in [-0.4, -0.2) is 32.7 Å². The maximum absolute atomic E-state index is 12.7. The molecule has 0 saturated carbocycles. The third-order valence-electron chi connectivity index (χ3n) is 4.14. The fourth-order valence-corrected chi connectivity index (χ4v) is 4.09. The number of allylic oxidation sites excluding steroid dienone is 2. The van der Waals surface area contributed by atoms with Crippen LogP contribution in [0.25, 0.3) is 6.08 Å². The lowest BCUT2D eigenvalue weighted by Crippen LogP contribution is -2.31. The molecule has 0 radical (unpaired) electrons. The summed E-state index contributed by atoms with van der Waals surface area (Å²) in [6.07, 6.45) is 3.94. The molecule has 7 heteroatoms. The summed E-state index contributed by atoms with van der Waals surface area (Å²) >= 11 is 6.57. The number of aromatic hydroxyl groups is 1. The van der Waals surface area contributed by atoms with E-state index in [-0.39, 0.29) is 30.5 Å². The zero-order chi connectivity index (χ0) is 20.8. The zero-order valence-electron chi connectivity index (χ0n) is 15.8. The Morgan fingerprint density at radius 2 is 1.86 bits per heavy atom. The first-order chi connectivity index (χ1) is 13.9. The smallest absolute Gasteiger partial charge is 0.266 e. The van der Waals surface area contributed by atoms with E-state index in [1.807, 2.05) is 49.4 Å². The number of thiocarbonyl (C=S) groups is 1. The number of hydrogen-bond acceptors (Lipinski definition) is 5. The van der Waals surface area contributed by atoms with Crippen molar-refractivity contribution in [1.29, 1.82) is 0 Å². The minimum absolute atomic E-state index is 0.124. The molecule has 148 valence electrons. The molecule has 2 amide bonds. The number of phenols is 1. The van der Waals surface area contributed by atoms with Crippen LogP contribution in [0, 0.1) is 0 Å². The van der Waals surface area contributed by atoms with Gasteiger partial charge in [0.15, 0.2) is 0 Å². The van der Waals surface area contributed by atoms with Gasteiger partial charge >= 0.3 is 0 Å². The molecule has 5 nitrogen and oxygen atoms in total. The number of rotatable bonds is 6. The molecule has 1 aliphatic rings. The van der Waals surface area contributed by atoms with E-state index >= 15 is 0 Å². The zero-order valence-corrected chi connectivity index (χ0v) is 17.4. The predicted octanol–water partition coefficient (Wildman–Crippen LogP) is 4.57. The van der Waals surface area contributed by atoms with Crippen molar-refractivity contribution in [2.75, 3.05) is 11.9 Å². The quantitative estimate of drug-likeness (QED) is 0.404. The average Bonchev–Trinajstić information content (AvgIpc) is 2.95. The number of phenolic OH excluding ortho intramolecular Hbond substituents is 1. The Bertz CT molecular complexity index is 983. The van der Waals surface area contributed by atoms with Gasteiger partial charge in [-0.2, -0.15) is 0 Å². The first-order valence-corrected chi connectivity index (χ1v) is 10.2. The molecule has 0 aromatic heterocycles. The molecule has 0 aliphatic carbocycles. The molecular weight excluding hydrogens is 404 g/mol. The van der Waals surface area contributed by atoms with Crippen molar-refractivity contribution in [1.82, 2.24) is 4.90 Å². The number of carbonyl (C=O) groups is 2. The minimum Gasteiger partial charge on any atom is -0.508 e. The number of hydrogen-bond donors (Lipinski definition) is 2. The van der Waals surface area contributed by atoms with E-state index in [1.54, 1.807) is 12.1 Å². The number of carbonyl (C=O) groups excluding carboxylic acids is 2. The first kappa shape index (κ1) is 20.8. The van der Waals surface area contributed by atoms with Crippen LogP contribution < -0.4 is 5.32 Å². The lowest BCUT2D eigenvalue weighted by molar-refractivity contribution is -0.122. The molecule has 2 aromatic carbocycles. The second-order valence-electron chi connectivity index (χ2n) is 6.48. The van der Waals surface area contributed by atoms with Gasteiger partial charge in [0, 0.05) is 18.7 Å². The summed E-state index contributed by atoms with van der Waals surface area (Å²) in [5, 5.41) is 12.0. The van der Waals surface area contributed by atoms with Crippen molar-refractivity contribution in [3.8, 4) is 5.75 Å². The van der Waals surface area contributed by atoms with Gasteiger partial charge in [-0.05, 0) is 48.4 Å². The van der Waals surface area contributed by atoms with Crippen LogP contribution in [0.2, 0.25) is 0 Å². The Morgan fingerprint density at radius 3 is 2.55 bits per heavy atom. The first-order valence-electron chi connectivity index (χ1n) is 9.00. The average molecular weight is 425 g/mol. The highest BCUT2D eigenvalue weighted by Crippen LogP contribution is 2.32. The third-order valence-corrected chi connectivity index (χ3v) is 5.52. The minimum atomic E-state index is -0.228. The van der Waals surface area contributed by atoms with Crippen LogP contribution in [0.4, 0.5) is 5.69 Å². The fraction of sp³-hybridized carbons (Fsp3) is 0.136. The van der Waals surface area contributed by atoms with Gasteiger partial charge < -0.3 is 10.4 Å². The predicted molar refractivity (Wildman–Crippen MR) is 121 cm³/mol. The van der Waals surface area contributed by atoms with Gasteiger partial charge in [0.1, 0.15) is 10.1 Å². The van der Waals surface area contributed by atoms with Crippen LogP contribution in [0.1, 0.15) is 18.9 Å². The lowest BCUT2D eigenvalue weighted by atomic mass is 10.1. The maximum Gasteiger partial charge on any atom is 0.266 e. The normalized spacial score (nSPS) is 15.8. The second kappa shape index (κ2) is 9.54. The van der Waals surface area contributed by atoms with Crippen molar-refractivity contribution < 1.29 is 14.7 Å². The number of anilines is 1. The van der Waals surface area contributed by atoms with Gasteiger partial charge in [0.2, 0.25) is 5.91 Å². The molecule has 3 rings (SSSR count). The van der Waals surface area contributed by atoms with Crippen LogP contribution in [0.5, 0.6) is 5.75 Å². The van der Waals surface area contributed by atoms with Crippen molar-refractivity contribution in [2.24, 2.45) is 0 Å². The van der Waals surface area contributed by atoms with Crippen LogP contribution >= 0.6 is 24.0 Å². The van der Waals surface area contributed by atoms with Crippen LogP contribution in [0.3, 0.4) is 0 Å². The van der Waals surface area contributed by atoms with Gasteiger partial charge in [-0.25, -0.2) is 0 Å². The Morgan fingerprint density at radius 1 is 1.17 bits per heavy atom. The molecule has 1 heterocycles. The highest BCUT2D eigenvalue weighted by Gasteiger charge is 2.32. The molecule has 1 aliphatic heterocycles. The summed E-state index contributed by atoms with van der Waals surface area (Å²) in [7, 11) is 0. The molecule has 29 heavy (non-hydrogen) atoms. The van der Waals surface area contributed by atoms with E-state index in [0.717, 1.165) is 11.1 Å². The van der Waals surface area contributed by atoms with Crippen molar-refractivity contribution in [3.63, 3.8) is 0 Å². The molecule has 0 bridgehead atoms. The molecular formula is C22H20N2O3S2. The van der Waals surface area contributed by atoms with Crippen molar-refractivity contribution in [2.45, 2.75) is 13.3 Å². The number of thioether (sulfide) groups is 1. The largest absolute Gasteiger partial charge is 0.508 e. The maximum atomic E-state index is 12.7. The summed E-state index contributed by atoms with van der Waals surface area (Å²) in [5.41, 5.74) is 2.59. The standard InChI is InChI=1S/C22H20N2O3S2/c1-15(13-16-5-3-2-4-6-16)14-19-21(27)24(22(28)29-19)12-11-20(26)23-17-7-9-18(25)10-8-17/h2-10,13-14,25H,11-12H2,1H3,(H,23,26)/b15-13-,19-14+. The molecule has 2 aromatic rings. The van der Waals surface area contributed by atoms with Gasteiger partial charge in [-0.3, -0.25) is 14.5 Å². The van der Waals surface area contributed by atoms with Gasteiger partial charge in [0.25, 0.3) is 5.91 Å². The Hall–Kier alpha value is -2.90. The summed E-state index contributed by atoms with van der Waals surface area (Å²) < 4.78 is 0.450. The Labute approximate surface area is 179 Å². The van der Waals surface area contributed by atoms with Crippen molar-refractivity contribution in [3.05, 3.63) is 76.7 Å². The summed E-state index contributed by atoms with van der Waals surface area (Å²) in [4.78, 5) is 26.8. The second-order valence-corrected chi connectivity index (χ2v) is 8.15. The summed E-state index contributed by atoms with van der Waals surface area (Å²) in [6, 6.07) is 16.1. The lowest BCUT2D eigenvalue weighted by Gasteiger charge is -2.14. The van der Waals surface area contributed by atoms with E-state index in [9.17, 15) is 14.7 Å². The SMILES string of the molecule is CC(=C/c1ccccc1)/C=C1/SC(=S)N(CCC(=O)Nc2ccc(O)cc2)C1=O. The summed E-state index contributed by atoms with van der Waals surface area (Å²) in [6.45, 7) is 2.15. The topological polar surface area (TPSA) is 69.6 Å². The van der Waals surface area contributed by atoms with Crippen LogP contribution in [-0.2, 0) is 9.59 Å².